The molecule has 3 aliphatic heterocycles. The standard InChI is InChI=1S/C35H50N6O4/c1-6-26(5)33-27(21-25(3)4)22-28(42)23-31(33)41-11-9-29-30(24-41)36-35(45-18-8-10-38-16-19-44-20-17-38)37-34(29)40-14-12-39(13-15-40)32(43)7-2/h7,21-23,26,42H,2,6,8-20,24H2,1,3-5H3. The van der Waals surface area contributed by atoms with Gasteiger partial charge in [-0.25, -0.2) is 0 Å². The lowest BCUT2D eigenvalue weighted by molar-refractivity contribution is -0.126. The van der Waals surface area contributed by atoms with E-state index in [0.29, 0.717) is 51.3 Å². The van der Waals surface area contributed by atoms with Crippen LogP contribution >= 0.6 is 0 Å². The minimum Gasteiger partial charge on any atom is -0.508 e. The van der Waals surface area contributed by atoms with Gasteiger partial charge in [-0.15, -0.1) is 0 Å². The zero-order chi connectivity index (χ0) is 31.9. The first-order valence-corrected chi connectivity index (χ1v) is 16.5. The minimum atomic E-state index is -0.0324. The fraction of sp³-hybridized carbons (Fsp3) is 0.571. The largest absolute Gasteiger partial charge is 0.508 e. The molecule has 0 spiro atoms. The number of carbonyl (C=O) groups excluding carboxylic acids is 1. The molecular formula is C35H50N6O4. The Morgan fingerprint density at radius 3 is 2.53 bits per heavy atom. The number of nitrogens with zero attached hydrogens (tertiary/aromatic N) is 6. The Labute approximate surface area is 268 Å². The first-order valence-electron chi connectivity index (χ1n) is 16.5. The Balaban J connectivity index is 1.43. The molecule has 2 aromatic rings. The number of anilines is 2. The van der Waals surface area contributed by atoms with Crippen molar-refractivity contribution in [2.24, 2.45) is 0 Å². The van der Waals surface area contributed by atoms with Crippen molar-refractivity contribution in [2.75, 3.05) is 82.0 Å². The van der Waals surface area contributed by atoms with Crippen molar-refractivity contribution < 1.29 is 19.4 Å². The van der Waals surface area contributed by atoms with E-state index in [9.17, 15) is 9.90 Å². The number of fused-ring (bicyclic) bond motifs is 1. The van der Waals surface area contributed by atoms with Crippen LogP contribution in [-0.2, 0) is 22.5 Å². The second-order valence-electron chi connectivity index (χ2n) is 12.6. The maximum Gasteiger partial charge on any atom is 0.318 e. The second-order valence-corrected chi connectivity index (χ2v) is 12.6. The molecule has 10 heteroatoms. The van der Waals surface area contributed by atoms with Crippen molar-refractivity contribution in [3.8, 4) is 11.8 Å². The summed E-state index contributed by atoms with van der Waals surface area (Å²) >= 11 is 0. The summed E-state index contributed by atoms with van der Waals surface area (Å²) in [5.41, 5.74) is 6.70. The monoisotopic (exact) mass is 618 g/mol. The number of aromatic hydroxyl groups is 1. The molecule has 1 aromatic carbocycles. The maximum atomic E-state index is 12.2. The lowest BCUT2D eigenvalue weighted by Crippen LogP contribution is -2.49. The average molecular weight is 619 g/mol. The SMILES string of the molecule is C=CC(=O)N1CCN(c2nc(OCCCN3CCOCC3)nc3c2CCN(c2cc(O)cc(C=C(C)C)c2C(C)CC)C3)CC1. The van der Waals surface area contributed by atoms with Crippen molar-refractivity contribution in [2.45, 2.75) is 59.4 Å². The van der Waals surface area contributed by atoms with E-state index in [4.69, 9.17) is 19.4 Å². The first kappa shape index (κ1) is 32.8. The highest BCUT2D eigenvalue weighted by Gasteiger charge is 2.30. The van der Waals surface area contributed by atoms with E-state index in [0.717, 1.165) is 87.0 Å². The molecule has 10 nitrogen and oxygen atoms in total. The van der Waals surface area contributed by atoms with Gasteiger partial charge in [-0.1, -0.05) is 32.1 Å². The van der Waals surface area contributed by atoms with E-state index in [1.165, 1.54) is 17.2 Å². The van der Waals surface area contributed by atoms with E-state index in [1.54, 1.807) is 0 Å². The molecule has 5 rings (SSSR count). The van der Waals surface area contributed by atoms with Crippen molar-refractivity contribution in [1.29, 1.82) is 0 Å². The quantitative estimate of drug-likeness (QED) is 0.286. The van der Waals surface area contributed by atoms with Gasteiger partial charge in [0, 0.05) is 69.7 Å². The van der Waals surface area contributed by atoms with Crippen LogP contribution in [0.5, 0.6) is 11.8 Å². The summed E-state index contributed by atoms with van der Waals surface area (Å²) in [6, 6.07) is 4.20. The summed E-state index contributed by atoms with van der Waals surface area (Å²) in [5.74, 6) is 1.48. The molecule has 4 heterocycles. The van der Waals surface area contributed by atoms with Gasteiger partial charge in [-0.05, 0) is 62.3 Å². The van der Waals surface area contributed by atoms with Crippen molar-refractivity contribution in [1.82, 2.24) is 19.8 Å². The van der Waals surface area contributed by atoms with E-state index in [2.05, 4.69) is 55.0 Å². The van der Waals surface area contributed by atoms with Gasteiger partial charge in [0.2, 0.25) is 5.91 Å². The van der Waals surface area contributed by atoms with Crippen LogP contribution in [0.2, 0.25) is 0 Å². The van der Waals surface area contributed by atoms with Crippen LogP contribution in [0.1, 0.15) is 68.8 Å². The van der Waals surface area contributed by atoms with E-state index >= 15 is 0 Å². The van der Waals surface area contributed by atoms with Crippen molar-refractivity contribution >= 4 is 23.5 Å². The highest BCUT2D eigenvalue weighted by Crippen LogP contribution is 2.40. The van der Waals surface area contributed by atoms with Gasteiger partial charge < -0.3 is 29.3 Å². The number of hydrogen-bond acceptors (Lipinski definition) is 9. The maximum absolute atomic E-state index is 12.2. The Morgan fingerprint density at radius 2 is 1.84 bits per heavy atom. The van der Waals surface area contributed by atoms with Gasteiger partial charge in [-0.2, -0.15) is 9.97 Å². The van der Waals surface area contributed by atoms with Gasteiger partial charge in [0.15, 0.2) is 0 Å². The van der Waals surface area contributed by atoms with E-state index in [-0.39, 0.29) is 11.7 Å². The summed E-state index contributed by atoms with van der Waals surface area (Å²) in [5, 5.41) is 10.8. The van der Waals surface area contributed by atoms with Gasteiger partial charge in [-0.3, -0.25) is 9.69 Å². The number of phenolic OH excluding ortho intramolecular Hbond substituents is 1. The van der Waals surface area contributed by atoms with Crippen molar-refractivity contribution in [3.63, 3.8) is 0 Å². The van der Waals surface area contributed by atoms with Crippen molar-refractivity contribution in [3.05, 3.63) is 52.7 Å². The Bertz CT molecular complexity index is 1380. The molecule has 1 aromatic heterocycles. The number of benzene rings is 1. The fourth-order valence-electron chi connectivity index (χ4n) is 6.54. The predicted molar refractivity (Wildman–Crippen MR) is 179 cm³/mol. The van der Waals surface area contributed by atoms with Crippen LogP contribution in [0.4, 0.5) is 11.5 Å². The third-order valence-electron chi connectivity index (χ3n) is 9.11. The van der Waals surface area contributed by atoms with Gasteiger partial charge in [0.1, 0.15) is 11.6 Å². The zero-order valence-corrected chi connectivity index (χ0v) is 27.6. The molecular weight excluding hydrogens is 568 g/mol. The number of carbonyl (C=O) groups is 1. The van der Waals surface area contributed by atoms with Crippen LogP contribution in [0.15, 0.2) is 30.4 Å². The topological polar surface area (TPSA) is 94.5 Å². The number of aromatic nitrogens is 2. The first-order chi connectivity index (χ1) is 21.8. The Morgan fingerprint density at radius 1 is 1.09 bits per heavy atom. The molecule has 1 amide bonds. The molecule has 2 fully saturated rings. The number of phenols is 1. The Hall–Kier alpha value is -3.63. The molecule has 0 radical (unpaired) electrons. The molecule has 1 N–H and O–H groups in total. The number of allylic oxidation sites excluding steroid dienone is 1. The molecule has 1 atom stereocenters. The van der Waals surface area contributed by atoms with Crippen LogP contribution in [0, 0.1) is 0 Å². The van der Waals surface area contributed by atoms with E-state index in [1.807, 2.05) is 17.0 Å². The number of hydrogen-bond donors (Lipinski definition) is 1. The Kier molecular flexibility index (Phi) is 11.0. The summed E-state index contributed by atoms with van der Waals surface area (Å²) in [7, 11) is 0. The number of ether oxygens (including phenoxy) is 2. The summed E-state index contributed by atoms with van der Waals surface area (Å²) in [4.78, 5) is 31.1. The third kappa shape index (κ3) is 7.97. The third-order valence-corrected chi connectivity index (χ3v) is 9.11. The van der Waals surface area contributed by atoms with Gasteiger partial charge in [0.25, 0.3) is 0 Å². The second kappa shape index (κ2) is 15.1. The van der Waals surface area contributed by atoms with Crippen LogP contribution in [0.25, 0.3) is 6.08 Å². The normalized spacial score (nSPS) is 17.9. The predicted octanol–water partition coefficient (Wildman–Crippen LogP) is 4.62. The molecule has 244 valence electrons. The molecule has 45 heavy (non-hydrogen) atoms. The number of amides is 1. The smallest absolute Gasteiger partial charge is 0.318 e. The van der Waals surface area contributed by atoms with Crippen LogP contribution < -0.4 is 14.5 Å². The summed E-state index contributed by atoms with van der Waals surface area (Å²) in [6.45, 7) is 21.3. The highest BCUT2D eigenvalue weighted by atomic mass is 16.5. The average Bonchev–Trinajstić information content (AvgIpc) is 3.05. The number of morpholine rings is 1. The van der Waals surface area contributed by atoms with E-state index < -0.39 is 0 Å². The zero-order valence-electron chi connectivity index (χ0n) is 27.6. The highest BCUT2D eigenvalue weighted by molar-refractivity contribution is 5.87. The van der Waals surface area contributed by atoms with Crippen LogP contribution in [0.3, 0.4) is 0 Å². The number of rotatable bonds is 11. The molecule has 2 saturated heterocycles. The lowest BCUT2D eigenvalue weighted by Gasteiger charge is -2.38. The number of piperazine rings is 1. The molecule has 3 aliphatic rings. The molecule has 1 unspecified atom stereocenters. The van der Waals surface area contributed by atoms with Crippen LogP contribution in [-0.4, -0.2) is 103 Å². The molecule has 0 aliphatic carbocycles. The minimum absolute atomic E-state index is 0.0324. The fourth-order valence-corrected chi connectivity index (χ4v) is 6.54. The molecule has 0 saturated carbocycles. The van der Waals surface area contributed by atoms with Gasteiger partial charge >= 0.3 is 6.01 Å². The summed E-state index contributed by atoms with van der Waals surface area (Å²) in [6.07, 6.45) is 6.22. The molecule has 0 bridgehead atoms. The van der Waals surface area contributed by atoms with Gasteiger partial charge in [0.05, 0.1) is 32.1 Å². The summed E-state index contributed by atoms with van der Waals surface area (Å²) < 4.78 is 11.7. The lowest BCUT2D eigenvalue weighted by atomic mass is 9.89.